The Morgan fingerprint density at radius 3 is 2.40 bits per heavy atom. The van der Waals surface area contributed by atoms with Crippen molar-refractivity contribution in [3.05, 3.63) is 0 Å². The van der Waals surface area contributed by atoms with E-state index in [1.165, 1.54) is 6.42 Å². The first-order valence-electron chi connectivity index (χ1n) is 7.15. The predicted octanol–water partition coefficient (Wildman–Crippen LogP) is 1.79. The topological polar surface area (TPSA) is 98.0 Å². The lowest BCUT2D eigenvalue weighted by Gasteiger charge is -2.20. The molecule has 4 N–H and O–H groups in total. The minimum absolute atomic E-state index is 0.00120. The van der Waals surface area contributed by atoms with Gasteiger partial charge in [-0.05, 0) is 38.5 Å². The van der Waals surface area contributed by atoms with Crippen LogP contribution in [0.25, 0.3) is 0 Å². The molecule has 0 aromatic carbocycles. The van der Waals surface area contributed by atoms with Crippen LogP contribution in [0.5, 0.6) is 6.01 Å². The van der Waals surface area contributed by atoms with E-state index in [2.05, 4.69) is 39.5 Å². The Labute approximate surface area is 119 Å². The highest BCUT2D eigenvalue weighted by Gasteiger charge is 2.30. The van der Waals surface area contributed by atoms with Gasteiger partial charge >= 0.3 is 6.01 Å². The molecule has 3 atom stereocenters. The highest BCUT2D eigenvalue weighted by atomic mass is 16.5. The maximum absolute atomic E-state index is 5.51. The van der Waals surface area contributed by atoms with Crippen LogP contribution in [0.3, 0.4) is 0 Å². The molecule has 1 saturated carbocycles. The van der Waals surface area contributed by atoms with Crippen molar-refractivity contribution in [1.82, 2.24) is 15.0 Å². The van der Waals surface area contributed by atoms with E-state index < -0.39 is 0 Å². The predicted molar refractivity (Wildman–Crippen MR) is 78.4 cm³/mol. The van der Waals surface area contributed by atoms with Gasteiger partial charge in [-0.25, -0.2) is 5.84 Å². The van der Waals surface area contributed by atoms with Crippen LogP contribution in [0.2, 0.25) is 0 Å². The zero-order valence-electron chi connectivity index (χ0n) is 12.6. The lowest BCUT2D eigenvalue weighted by atomic mass is 9.98. The molecule has 0 amide bonds. The fraction of sp³-hybridized carbons (Fsp3) is 0.769. The Kier molecular flexibility index (Phi) is 4.59. The molecule has 112 valence electrons. The molecule has 1 aliphatic carbocycles. The molecule has 1 aromatic rings. The molecular formula is C13H24N6O. The summed E-state index contributed by atoms with van der Waals surface area (Å²) in [7, 11) is 0. The van der Waals surface area contributed by atoms with Crippen molar-refractivity contribution in [2.45, 2.75) is 52.7 Å². The second kappa shape index (κ2) is 6.21. The van der Waals surface area contributed by atoms with E-state index in [1.807, 2.05) is 13.8 Å². The number of nitrogens with two attached hydrogens (primary N) is 1. The molecule has 1 heterocycles. The molecule has 0 aliphatic heterocycles. The maximum atomic E-state index is 5.51. The van der Waals surface area contributed by atoms with E-state index in [1.54, 1.807) is 0 Å². The van der Waals surface area contributed by atoms with Crippen LogP contribution < -0.4 is 21.3 Å². The molecule has 3 unspecified atom stereocenters. The van der Waals surface area contributed by atoms with Gasteiger partial charge in [0, 0.05) is 6.04 Å². The van der Waals surface area contributed by atoms with Gasteiger partial charge in [0.05, 0.1) is 6.10 Å². The van der Waals surface area contributed by atoms with Gasteiger partial charge in [0.1, 0.15) is 0 Å². The van der Waals surface area contributed by atoms with E-state index in [0.717, 1.165) is 6.42 Å². The molecule has 7 nitrogen and oxygen atoms in total. The van der Waals surface area contributed by atoms with Crippen molar-refractivity contribution in [2.24, 2.45) is 17.7 Å². The van der Waals surface area contributed by atoms with E-state index in [9.17, 15) is 0 Å². The van der Waals surface area contributed by atoms with Gasteiger partial charge in [-0.15, -0.1) is 0 Å². The third-order valence-corrected chi connectivity index (χ3v) is 3.86. The second-order valence-electron chi connectivity index (χ2n) is 5.74. The number of hydrogen-bond acceptors (Lipinski definition) is 7. The Hall–Kier alpha value is -1.63. The molecule has 20 heavy (non-hydrogen) atoms. The van der Waals surface area contributed by atoms with Gasteiger partial charge in [-0.3, -0.25) is 5.43 Å². The first-order valence-corrected chi connectivity index (χ1v) is 7.15. The first-order chi connectivity index (χ1) is 9.49. The molecule has 1 fully saturated rings. The average Bonchev–Trinajstić information content (AvgIpc) is 2.69. The summed E-state index contributed by atoms with van der Waals surface area (Å²) >= 11 is 0. The van der Waals surface area contributed by atoms with Crippen LogP contribution in [0.1, 0.15) is 40.5 Å². The number of nitrogens with zero attached hydrogens (tertiary/aromatic N) is 3. The molecule has 2 rings (SSSR count). The number of hydrogen-bond donors (Lipinski definition) is 3. The standard InChI is InChI=1S/C13H24N6O/c1-7(2)20-13-17-11(16-12(18-13)19-14)15-10-6-5-8(3)9(10)4/h7-10H,5-6,14H2,1-4H3,(H2,15,16,17,18,19). The number of rotatable bonds is 5. The van der Waals surface area contributed by atoms with Crippen molar-refractivity contribution in [3.8, 4) is 6.01 Å². The molecule has 1 aromatic heterocycles. The largest absolute Gasteiger partial charge is 0.461 e. The van der Waals surface area contributed by atoms with Crippen LogP contribution in [-0.2, 0) is 0 Å². The summed E-state index contributed by atoms with van der Waals surface area (Å²) < 4.78 is 5.51. The summed E-state index contributed by atoms with van der Waals surface area (Å²) in [5, 5.41) is 3.37. The van der Waals surface area contributed by atoms with Gasteiger partial charge in [-0.2, -0.15) is 15.0 Å². The minimum atomic E-state index is 0.00120. The van der Waals surface area contributed by atoms with Gasteiger partial charge in [0.15, 0.2) is 0 Å². The molecular weight excluding hydrogens is 256 g/mol. The number of nitrogen functional groups attached to an aromatic ring is 1. The molecule has 0 bridgehead atoms. The summed E-state index contributed by atoms with van der Waals surface area (Å²) in [6.45, 7) is 8.38. The maximum Gasteiger partial charge on any atom is 0.323 e. The van der Waals surface area contributed by atoms with Crippen LogP contribution >= 0.6 is 0 Å². The summed E-state index contributed by atoms with van der Waals surface area (Å²) in [5.74, 6) is 7.51. The zero-order chi connectivity index (χ0) is 14.7. The van der Waals surface area contributed by atoms with Crippen LogP contribution in [0, 0.1) is 11.8 Å². The van der Waals surface area contributed by atoms with Gasteiger partial charge in [-0.1, -0.05) is 13.8 Å². The SMILES string of the molecule is CC(C)Oc1nc(NN)nc(NC2CCC(C)C2C)n1. The first kappa shape index (κ1) is 14.8. The molecule has 7 heteroatoms. The van der Waals surface area contributed by atoms with Crippen LogP contribution in [0.15, 0.2) is 0 Å². The number of nitrogens with one attached hydrogen (secondary N) is 2. The van der Waals surface area contributed by atoms with E-state index in [0.29, 0.717) is 29.8 Å². The van der Waals surface area contributed by atoms with Crippen LogP contribution in [-0.4, -0.2) is 27.1 Å². The number of aromatic nitrogens is 3. The Balaban J connectivity index is 2.14. The highest BCUT2D eigenvalue weighted by molar-refractivity contribution is 5.36. The molecule has 1 aliphatic rings. The van der Waals surface area contributed by atoms with Crippen LogP contribution in [0.4, 0.5) is 11.9 Å². The van der Waals surface area contributed by atoms with Crippen molar-refractivity contribution in [3.63, 3.8) is 0 Å². The van der Waals surface area contributed by atoms with Crippen molar-refractivity contribution >= 4 is 11.9 Å². The van der Waals surface area contributed by atoms with Crippen molar-refractivity contribution in [1.29, 1.82) is 0 Å². The monoisotopic (exact) mass is 280 g/mol. The lowest BCUT2D eigenvalue weighted by Crippen LogP contribution is -2.26. The van der Waals surface area contributed by atoms with Gasteiger partial charge in [0.25, 0.3) is 0 Å². The second-order valence-corrected chi connectivity index (χ2v) is 5.74. The minimum Gasteiger partial charge on any atom is -0.461 e. The number of ether oxygens (including phenoxy) is 1. The molecule has 0 spiro atoms. The fourth-order valence-corrected chi connectivity index (χ4v) is 2.48. The quantitative estimate of drug-likeness (QED) is 0.558. The third-order valence-electron chi connectivity index (χ3n) is 3.86. The molecule has 0 radical (unpaired) electrons. The Morgan fingerprint density at radius 2 is 1.85 bits per heavy atom. The van der Waals surface area contributed by atoms with E-state index >= 15 is 0 Å². The smallest absolute Gasteiger partial charge is 0.323 e. The summed E-state index contributed by atoms with van der Waals surface area (Å²) in [6, 6.07) is 0.661. The van der Waals surface area contributed by atoms with Gasteiger partial charge < -0.3 is 10.1 Å². The summed E-state index contributed by atoms with van der Waals surface area (Å²) in [5.41, 5.74) is 2.44. The zero-order valence-corrected chi connectivity index (χ0v) is 12.6. The fourth-order valence-electron chi connectivity index (χ4n) is 2.48. The average molecular weight is 280 g/mol. The summed E-state index contributed by atoms with van der Waals surface area (Å²) in [6.07, 6.45) is 2.35. The normalized spacial score (nSPS) is 25.8. The lowest BCUT2D eigenvalue weighted by molar-refractivity contribution is 0.222. The van der Waals surface area contributed by atoms with E-state index in [-0.39, 0.29) is 12.1 Å². The van der Waals surface area contributed by atoms with Gasteiger partial charge in [0.2, 0.25) is 11.9 Å². The number of hydrazine groups is 1. The Bertz CT molecular complexity index is 452. The Morgan fingerprint density at radius 1 is 1.15 bits per heavy atom. The van der Waals surface area contributed by atoms with E-state index in [4.69, 9.17) is 10.6 Å². The van der Waals surface area contributed by atoms with Crippen molar-refractivity contribution < 1.29 is 4.74 Å². The third kappa shape index (κ3) is 3.47. The van der Waals surface area contributed by atoms with Crippen molar-refractivity contribution in [2.75, 3.05) is 10.7 Å². The highest BCUT2D eigenvalue weighted by Crippen LogP contribution is 2.32. The number of anilines is 2. The molecule has 0 saturated heterocycles. The summed E-state index contributed by atoms with van der Waals surface area (Å²) in [4.78, 5) is 12.6.